The van der Waals surface area contributed by atoms with Crippen LogP contribution in [0.15, 0.2) is 10.7 Å². The van der Waals surface area contributed by atoms with E-state index in [0.717, 1.165) is 58.5 Å². The van der Waals surface area contributed by atoms with Gasteiger partial charge in [-0.1, -0.05) is 6.92 Å². The summed E-state index contributed by atoms with van der Waals surface area (Å²) in [4.78, 5) is 19.9. The summed E-state index contributed by atoms with van der Waals surface area (Å²) in [5, 5.41) is 11.4. The van der Waals surface area contributed by atoms with Crippen LogP contribution in [0.1, 0.15) is 45.6 Å². The van der Waals surface area contributed by atoms with Gasteiger partial charge in [-0.2, -0.15) is 0 Å². The molecule has 0 radical (unpaired) electrons. The molecule has 0 unspecified atom stereocenters. The second kappa shape index (κ2) is 6.52. The number of piperidine rings is 1. The van der Waals surface area contributed by atoms with Gasteiger partial charge in [0.1, 0.15) is 0 Å². The zero-order valence-electron chi connectivity index (χ0n) is 16.5. The number of hydrogen-bond donors (Lipinski definition) is 1. The van der Waals surface area contributed by atoms with Gasteiger partial charge >= 0.3 is 0 Å². The number of carbonyl (C=O) groups is 1. The number of ether oxygens (including phenoxy) is 1. The van der Waals surface area contributed by atoms with E-state index >= 15 is 0 Å². The third-order valence-electron chi connectivity index (χ3n) is 6.91. The Kier molecular flexibility index (Phi) is 4.01. The molecule has 2 fully saturated rings. The first-order valence-electron chi connectivity index (χ1n) is 10.5. The first-order chi connectivity index (χ1) is 14.1. The van der Waals surface area contributed by atoms with Crippen molar-refractivity contribution in [2.75, 3.05) is 38.1 Å². The summed E-state index contributed by atoms with van der Waals surface area (Å²) in [6, 6.07) is 2.37. The van der Waals surface area contributed by atoms with Gasteiger partial charge in [0.2, 0.25) is 11.5 Å². The maximum absolute atomic E-state index is 12.7. The van der Waals surface area contributed by atoms with Gasteiger partial charge in [-0.3, -0.25) is 9.69 Å². The van der Waals surface area contributed by atoms with Crippen molar-refractivity contribution in [2.24, 2.45) is 5.92 Å². The van der Waals surface area contributed by atoms with Gasteiger partial charge in [0.05, 0.1) is 18.4 Å². The molecule has 5 aliphatic rings. The van der Waals surface area contributed by atoms with Crippen LogP contribution in [0.3, 0.4) is 0 Å². The Bertz CT molecular complexity index is 952. The molecule has 2 bridgehead atoms. The molecule has 2 saturated heterocycles. The van der Waals surface area contributed by atoms with Crippen molar-refractivity contribution in [1.29, 1.82) is 0 Å². The Hall–Kier alpha value is -1.97. The van der Waals surface area contributed by atoms with Gasteiger partial charge in [-0.05, 0) is 34.8 Å². The third kappa shape index (κ3) is 2.74. The fourth-order valence-electron chi connectivity index (χ4n) is 5.32. The van der Waals surface area contributed by atoms with Crippen LogP contribution in [0.2, 0.25) is 0 Å². The second-order valence-electron chi connectivity index (χ2n) is 8.64. The Morgan fingerprint density at radius 3 is 3.10 bits per heavy atom. The number of nitrogens with one attached hydrogen (secondary N) is 1. The van der Waals surface area contributed by atoms with Crippen LogP contribution >= 0.6 is 11.3 Å². The molecular formula is C20H25N5O3S. The molecule has 0 aromatic carbocycles. The minimum absolute atomic E-state index is 0.0327. The monoisotopic (exact) mass is 415 g/mol. The van der Waals surface area contributed by atoms with E-state index in [1.165, 1.54) is 15.3 Å². The highest BCUT2D eigenvalue weighted by Gasteiger charge is 2.48. The van der Waals surface area contributed by atoms with E-state index in [2.05, 4.69) is 33.5 Å². The smallest absolute Gasteiger partial charge is 0.280 e. The van der Waals surface area contributed by atoms with E-state index < -0.39 is 0 Å². The Labute approximate surface area is 173 Å². The summed E-state index contributed by atoms with van der Waals surface area (Å²) in [5.74, 6) is 0.864. The summed E-state index contributed by atoms with van der Waals surface area (Å²) in [7, 11) is 0. The lowest BCUT2D eigenvalue weighted by Crippen LogP contribution is -2.60. The van der Waals surface area contributed by atoms with Gasteiger partial charge in [-0.15, -0.1) is 11.3 Å². The fourth-order valence-corrected chi connectivity index (χ4v) is 6.50. The Balaban J connectivity index is 1.36. The Morgan fingerprint density at radius 1 is 1.34 bits per heavy atom. The van der Waals surface area contributed by atoms with E-state index in [-0.39, 0.29) is 17.7 Å². The minimum atomic E-state index is -0.261. The number of thiophene rings is 1. The van der Waals surface area contributed by atoms with Crippen molar-refractivity contribution in [3.05, 3.63) is 27.1 Å². The van der Waals surface area contributed by atoms with Crippen LogP contribution in [-0.4, -0.2) is 65.0 Å². The third-order valence-corrected chi connectivity index (χ3v) is 8.24. The predicted molar refractivity (Wildman–Crippen MR) is 107 cm³/mol. The molecule has 2 aromatic rings. The number of fused-ring (bicyclic) bond motifs is 2. The largest absolute Gasteiger partial charge is 0.370 e. The first-order valence-corrected chi connectivity index (χ1v) is 11.4. The van der Waals surface area contributed by atoms with Crippen LogP contribution < -0.4 is 5.32 Å². The highest BCUT2D eigenvalue weighted by Crippen LogP contribution is 2.46. The quantitative estimate of drug-likeness (QED) is 0.763. The summed E-state index contributed by atoms with van der Waals surface area (Å²) >= 11 is 1.94. The average molecular weight is 416 g/mol. The predicted octanol–water partition coefficient (Wildman–Crippen LogP) is 2.08. The molecule has 29 heavy (non-hydrogen) atoms. The fraction of sp³-hybridized carbons (Fsp3) is 0.650. The standard InChI is InChI=1S/C20H25N5O3S/c1-2-13-7-14-15(29-13)3-6-27-20(14)4-5-24-9-12-10-25(11-12)19(26)17-18(23-28-22-17)21-16(24)8-20/h7,12,16H,2-6,8-11H2,1H3,(H,21,23)/t16-,20-/m1/s1. The topological polar surface area (TPSA) is 83.7 Å². The summed E-state index contributed by atoms with van der Waals surface area (Å²) in [5.41, 5.74) is 1.41. The molecule has 7 rings (SSSR count). The highest BCUT2D eigenvalue weighted by atomic mass is 32.1. The molecule has 154 valence electrons. The molecule has 2 aromatic heterocycles. The first kappa shape index (κ1) is 17.9. The van der Waals surface area contributed by atoms with Crippen LogP contribution in [0.5, 0.6) is 0 Å². The molecule has 2 atom stereocenters. The molecule has 1 N–H and O–H groups in total. The minimum Gasteiger partial charge on any atom is -0.370 e. The lowest BCUT2D eigenvalue weighted by atomic mass is 9.80. The normalized spacial score (nSPS) is 31.5. The molecule has 1 amide bonds. The highest BCUT2D eigenvalue weighted by molar-refractivity contribution is 7.12. The van der Waals surface area contributed by atoms with Gasteiger partial charge in [0.15, 0.2) is 0 Å². The second-order valence-corrected chi connectivity index (χ2v) is 9.86. The molecule has 0 aliphatic carbocycles. The Morgan fingerprint density at radius 2 is 2.24 bits per heavy atom. The van der Waals surface area contributed by atoms with E-state index in [9.17, 15) is 4.79 Å². The molecule has 0 saturated carbocycles. The van der Waals surface area contributed by atoms with Gasteiger partial charge in [0.25, 0.3) is 5.91 Å². The molecule has 5 aliphatic heterocycles. The number of aromatic nitrogens is 2. The van der Waals surface area contributed by atoms with Crippen molar-refractivity contribution in [2.45, 2.75) is 44.4 Å². The van der Waals surface area contributed by atoms with Gasteiger partial charge in [0, 0.05) is 54.7 Å². The van der Waals surface area contributed by atoms with Gasteiger partial charge < -0.3 is 15.0 Å². The number of amides is 1. The number of rotatable bonds is 1. The maximum atomic E-state index is 12.7. The molecule has 1 spiro atoms. The van der Waals surface area contributed by atoms with Crippen molar-refractivity contribution in [3.63, 3.8) is 0 Å². The molecule has 9 heteroatoms. The maximum Gasteiger partial charge on any atom is 0.280 e. The summed E-state index contributed by atoms with van der Waals surface area (Å²) in [6.07, 6.45) is 3.93. The number of carbonyl (C=O) groups excluding carboxylic acids is 1. The molecule has 8 nitrogen and oxygen atoms in total. The van der Waals surface area contributed by atoms with Crippen molar-refractivity contribution in [1.82, 2.24) is 20.1 Å². The molecular weight excluding hydrogens is 390 g/mol. The van der Waals surface area contributed by atoms with E-state index in [1.54, 1.807) is 0 Å². The zero-order chi connectivity index (χ0) is 19.6. The SMILES string of the molecule is CCc1cc2c(s1)CCO[C@@]21CCN2CC3CN(C3)C(=O)c3nonc3N[C@H]2C1. The summed E-state index contributed by atoms with van der Waals surface area (Å²) < 4.78 is 11.4. The lowest BCUT2D eigenvalue weighted by Gasteiger charge is -2.51. The number of anilines is 1. The number of nitrogens with zero attached hydrogens (tertiary/aromatic N) is 4. The van der Waals surface area contributed by atoms with E-state index in [0.29, 0.717) is 17.4 Å². The average Bonchev–Trinajstić information content (AvgIpc) is 3.33. The van der Waals surface area contributed by atoms with Crippen molar-refractivity contribution < 1.29 is 14.2 Å². The lowest BCUT2D eigenvalue weighted by molar-refractivity contribution is -0.113. The van der Waals surface area contributed by atoms with Crippen LogP contribution in [0.25, 0.3) is 0 Å². The van der Waals surface area contributed by atoms with Gasteiger partial charge in [-0.25, -0.2) is 4.63 Å². The number of hydrogen-bond acceptors (Lipinski definition) is 8. The van der Waals surface area contributed by atoms with E-state index in [4.69, 9.17) is 9.37 Å². The zero-order valence-corrected chi connectivity index (χ0v) is 17.3. The number of aryl methyl sites for hydroxylation is 1. The van der Waals surface area contributed by atoms with Crippen LogP contribution in [-0.2, 0) is 23.2 Å². The van der Waals surface area contributed by atoms with Crippen LogP contribution in [0.4, 0.5) is 5.82 Å². The van der Waals surface area contributed by atoms with Crippen LogP contribution in [0, 0.1) is 5.92 Å². The van der Waals surface area contributed by atoms with E-state index in [1.807, 2.05) is 16.2 Å². The van der Waals surface area contributed by atoms with Crippen molar-refractivity contribution >= 4 is 23.1 Å². The molecule has 7 heterocycles. The summed E-state index contributed by atoms with van der Waals surface area (Å²) in [6.45, 7) is 6.49. The van der Waals surface area contributed by atoms with Crippen molar-refractivity contribution in [3.8, 4) is 0 Å².